The molecule has 0 bridgehead atoms. The van der Waals surface area contributed by atoms with Crippen LogP contribution in [-0.4, -0.2) is 39.9 Å². The van der Waals surface area contributed by atoms with Gasteiger partial charge in [0.1, 0.15) is 0 Å². The number of hydrogen-bond donors (Lipinski definition) is 1. The maximum atomic E-state index is 12.8. The highest BCUT2D eigenvalue weighted by atomic mass is 32.2. The molecule has 1 aliphatic heterocycles. The number of nitrogens with one attached hydrogen (secondary N) is 1. The molecule has 1 saturated heterocycles. The van der Waals surface area contributed by atoms with E-state index in [4.69, 9.17) is 0 Å². The van der Waals surface area contributed by atoms with E-state index >= 15 is 0 Å². The van der Waals surface area contributed by atoms with Crippen molar-refractivity contribution >= 4 is 27.1 Å². The lowest BCUT2D eigenvalue weighted by Crippen LogP contribution is -2.25. The van der Waals surface area contributed by atoms with Gasteiger partial charge in [-0.1, -0.05) is 0 Å². The maximum Gasteiger partial charge on any atom is 0.416 e. The molecule has 1 fully saturated rings. The van der Waals surface area contributed by atoms with E-state index in [9.17, 15) is 26.4 Å². The zero-order chi connectivity index (χ0) is 17.4. The lowest BCUT2D eigenvalue weighted by molar-refractivity contribution is -0.137. The number of rotatable bonds is 3. The number of benzene rings is 1. The highest BCUT2D eigenvalue weighted by Crippen LogP contribution is 2.35. The Morgan fingerprint density at radius 1 is 1.30 bits per heavy atom. The van der Waals surface area contributed by atoms with Crippen LogP contribution in [-0.2, 0) is 20.8 Å². The van der Waals surface area contributed by atoms with Crippen LogP contribution in [0.3, 0.4) is 0 Å². The quantitative estimate of drug-likeness (QED) is 0.907. The topological polar surface area (TPSA) is 66.5 Å². The standard InChI is InChI=1S/C14H17F3N2O3S/c1-19(2)12-4-3-10(14(15,16)17)7-11(12)18-13(20)9-5-6-23(21,22)8-9/h3-4,7,9H,5-6,8H2,1-2H3,(H,18,20). The second-order valence-electron chi connectivity index (χ2n) is 5.71. The summed E-state index contributed by atoms with van der Waals surface area (Å²) in [6.45, 7) is 0. The van der Waals surface area contributed by atoms with Gasteiger partial charge in [-0.2, -0.15) is 13.2 Å². The summed E-state index contributed by atoms with van der Waals surface area (Å²) < 4.78 is 61.3. The van der Waals surface area contributed by atoms with E-state index in [1.165, 1.54) is 6.07 Å². The van der Waals surface area contributed by atoms with Gasteiger partial charge in [-0.15, -0.1) is 0 Å². The number of carbonyl (C=O) groups excluding carboxylic acids is 1. The molecule has 1 heterocycles. The van der Waals surface area contributed by atoms with Gasteiger partial charge in [0, 0.05) is 14.1 Å². The van der Waals surface area contributed by atoms with E-state index in [2.05, 4.69) is 5.32 Å². The molecule has 9 heteroatoms. The van der Waals surface area contributed by atoms with Gasteiger partial charge in [0.2, 0.25) is 5.91 Å². The summed E-state index contributed by atoms with van der Waals surface area (Å²) in [7, 11) is 0.0325. The summed E-state index contributed by atoms with van der Waals surface area (Å²) in [5.74, 6) is -1.65. The third-order valence-corrected chi connectivity index (χ3v) is 5.43. The zero-order valence-electron chi connectivity index (χ0n) is 12.6. The highest BCUT2D eigenvalue weighted by molar-refractivity contribution is 7.91. The molecule has 128 valence electrons. The van der Waals surface area contributed by atoms with E-state index in [0.29, 0.717) is 5.69 Å². The van der Waals surface area contributed by atoms with Crippen molar-refractivity contribution in [1.29, 1.82) is 0 Å². The van der Waals surface area contributed by atoms with E-state index in [1.54, 1.807) is 19.0 Å². The van der Waals surface area contributed by atoms with Crippen molar-refractivity contribution < 1.29 is 26.4 Å². The summed E-state index contributed by atoms with van der Waals surface area (Å²) in [4.78, 5) is 13.7. The predicted molar refractivity (Wildman–Crippen MR) is 81.2 cm³/mol. The molecule has 23 heavy (non-hydrogen) atoms. The van der Waals surface area contributed by atoms with Crippen LogP contribution in [0, 0.1) is 5.92 Å². The first-order valence-electron chi connectivity index (χ1n) is 6.89. The third kappa shape index (κ3) is 4.15. The van der Waals surface area contributed by atoms with Crippen molar-refractivity contribution in [2.75, 3.05) is 35.8 Å². The zero-order valence-corrected chi connectivity index (χ0v) is 13.5. The summed E-state index contributed by atoms with van der Waals surface area (Å²) in [5.41, 5.74) is -0.455. The Morgan fingerprint density at radius 2 is 1.96 bits per heavy atom. The second kappa shape index (κ2) is 6.03. The van der Waals surface area contributed by atoms with Gasteiger partial charge in [-0.25, -0.2) is 8.42 Å². The Balaban J connectivity index is 2.28. The SMILES string of the molecule is CN(C)c1ccc(C(F)(F)F)cc1NC(=O)C1CCS(=O)(=O)C1. The molecule has 0 spiro atoms. The van der Waals surface area contributed by atoms with Crippen LogP contribution < -0.4 is 10.2 Å². The summed E-state index contributed by atoms with van der Waals surface area (Å²) in [6, 6.07) is 3.06. The van der Waals surface area contributed by atoms with Crippen molar-refractivity contribution in [3.63, 3.8) is 0 Å². The number of halogens is 3. The van der Waals surface area contributed by atoms with Gasteiger partial charge < -0.3 is 10.2 Å². The van der Waals surface area contributed by atoms with Crippen LogP contribution in [0.5, 0.6) is 0 Å². The van der Waals surface area contributed by atoms with Gasteiger partial charge in [0.25, 0.3) is 0 Å². The molecular weight excluding hydrogens is 333 g/mol. The Hall–Kier alpha value is -1.77. The van der Waals surface area contributed by atoms with Crippen LogP contribution in [0.4, 0.5) is 24.5 Å². The molecule has 1 aromatic rings. The van der Waals surface area contributed by atoms with Crippen molar-refractivity contribution in [1.82, 2.24) is 0 Å². The first kappa shape index (κ1) is 17.6. The second-order valence-corrected chi connectivity index (χ2v) is 7.94. The minimum absolute atomic E-state index is 0.0131. The smallest absolute Gasteiger partial charge is 0.376 e. The molecule has 1 amide bonds. The molecule has 0 aliphatic carbocycles. The molecular formula is C14H17F3N2O3S. The largest absolute Gasteiger partial charge is 0.416 e. The van der Waals surface area contributed by atoms with Crippen molar-refractivity contribution in [2.24, 2.45) is 5.92 Å². The summed E-state index contributed by atoms with van der Waals surface area (Å²) in [5, 5.41) is 2.44. The molecule has 0 aromatic heterocycles. The molecule has 0 radical (unpaired) electrons. The fourth-order valence-corrected chi connectivity index (χ4v) is 4.18. The van der Waals surface area contributed by atoms with Gasteiger partial charge in [-0.05, 0) is 24.6 Å². The molecule has 1 aliphatic rings. The fraction of sp³-hybridized carbons (Fsp3) is 0.500. The van der Waals surface area contributed by atoms with Crippen LogP contribution >= 0.6 is 0 Å². The van der Waals surface area contributed by atoms with Gasteiger partial charge in [-0.3, -0.25) is 4.79 Å². The number of nitrogens with zero attached hydrogens (tertiary/aromatic N) is 1. The van der Waals surface area contributed by atoms with Gasteiger partial charge >= 0.3 is 6.18 Å². The van der Waals surface area contributed by atoms with Crippen molar-refractivity contribution in [3.05, 3.63) is 23.8 Å². The first-order valence-corrected chi connectivity index (χ1v) is 8.71. The number of hydrogen-bond acceptors (Lipinski definition) is 4. The van der Waals surface area contributed by atoms with E-state index in [0.717, 1.165) is 12.1 Å². The summed E-state index contributed by atoms with van der Waals surface area (Å²) >= 11 is 0. The third-order valence-electron chi connectivity index (χ3n) is 3.67. The van der Waals surface area contributed by atoms with Crippen LogP contribution in [0.25, 0.3) is 0 Å². The molecule has 5 nitrogen and oxygen atoms in total. The van der Waals surface area contributed by atoms with Crippen molar-refractivity contribution in [2.45, 2.75) is 12.6 Å². The fourth-order valence-electron chi connectivity index (χ4n) is 2.44. The van der Waals surface area contributed by atoms with Gasteiger partial charge in [0.15, 0.2) is 9.84 Å². The first-order chi connectivity index (χ1) is 10.5. The average Bonchev–Trinajstić information content (AvgIpc) is 2.77. The molecule has 1 unspecified atom stereocenters. The maximum absolute atomic E-state index is 12.8. The normalized spacial score (nSPS) is 20.3. The molecule has 2 rings (SSSR count). The minimum atomic E-state index is -4.53. The van der Waals surface area contributed by atoms with Crippen LogP contribution in [0.15, 0.2) is 18.2 Å². The van der Waals surface area contributed by atoms with Gasteiger partial charge in [0.05, 0.1) is 34.4 Å². The number of sulfone groups is 1. The lowest BCUT2D eigenvalue weighted by atomic mass is 10.1. The molecule has 1 N–H and O–H groups in total. The number of alkyl halides is 3. The predicted octanol–water partition coefficient (Wildman–Crippen LogP) is 2.14. The Kier molecular flexibility index (Phi) is 4.61. The molecule has 0 saturated carbocycles. The highest BCUT2D eigenvalue weighted by Gasteiger charge is 2.34. The Labute approximate surface area is 132 Å². The molecule has 1 atom stereocenters. The van der Waals surface area contributed by atoms with Crippen molar-refractivity contribution in [3.8, 4) is 0 Å². The van der Waals surface area contributed by atoms with E-state index < -0.39 is 33.4 Å². The van der Waals surface area contributed by atoms with Crippen LogP contribution in [0.2, 0.25) is 0 Å². The minimum Gasteiger partial charge on any atom is -0.376 e. The van der Waals surface area contributed by atoms with E-state index in [1.807, 2.05) is 0 Å². The number of anilines is 2. The monoisotopic (exact) mass is 350 g/mol. The number of carbonyl (C=O) groups is 1. The Morgan fingerprint density at radius 3 is 2.43 bits per heavy atom. The summed E-state index contributed by atoms with van der Waals surface area (Å²) in [6.07, 6.45) is -4.34. The molecule has 1 aromatic carbocycles. The average molecular weight is 350 g/mol. The van der Waals surface area contributed by atoms with E-state index in [-0.39, 0.29) is 23.6 Å². The lowest BCUT2D eigenvalue weighted by Gasteiger charge is -2.20. The van der Waals surface area contributed by atoms with Crippen LogP contribution in [0.1, 0.15) is 12.0 Å². The number of amides is 1. The Bertz CT molecular complexity index is 714.